The van der Waals surface area contributed by atoms with E-state index in [0.717, 1.165) is 48.8 Å². The molecule has 32 heavy (non-hydrogen) atoms. The van der Waals surface area contributed by atoms with Crippen molar-refractivity contribution in [3.05, 3.63) is 76.3 Å². The molecule has 1 saturated heterocycles. The molecule has 4 aromatic rings. The standard InChI is InChI=1S/C25H24N4O2S/c30-25(19-9-5-15-31-19)29-13-11-28(12-14-29)23-22-18-8-4-10-20(18)32-24(22)27-21(26-23)16-17-6-2-1-3-7-17/h1-3,5-7,9,15H,4,8,10-14,16H2. The molecule has 2 aliphatic rings. The summed E-state index contributed by atoms with van der Waals surface area (Å²) in [5.74, 6) is 2.28. The molecule has 0 atom stereocenters. The van der Waals surface area contributed by atoms with Crippen molar-refractivity contribution in [2.45, 2.75) is 25.7 Å². The number of hydrogen-bond acceptors (Lipinski definition) is 6. The number of amides is 1. The molecule has 1 amide bonds. The van der Waals surface area contributed by atoms with Crippen LogP contribution >= 0.6 is 11.3 Å². The van der Waals surface area contributed by atoms with Crippen LogP contribution in [0.25, 0.3) is 10.2 Å². The van der Waals surface area contributed by atoms with Gasteiger partial charge >= 0.3 is 0 Å². The van der Waals surface area contributed by atoms with Crippen LogP contribution < -0.4 is 4.90 Å². The van der Waals surface area contributed by atoms with Gasteiger partial charge in [0, 0.05) is 37.5 Å². The lowest BCUT2D eigenvalue weighted by molar-refractivity contribution is 0.0714. The van der Waals surface area contributed by atoms with E-state index in [4.69, 9.17) is 14.4 Å². The van der Waals surface area contributed by atoms with Crippen LogP contribution in [0.3, 0.4) is 0 Å². The molecule has 0 unspecified atom stereocenters. The predicted octanol–water partition coefficient (Wildman–Crippen LogP) is 4.33. The van der Waals surface area contributed by atoms with Gasteiger partial charge in [-0.25, -0.2) is 9.97 Å². The van der Waals surface area contributed by atoms with Crippen LogP contribution in [0.5, 0.6) is 0 Å². The van der Waals surface area contributed by atoms with Crippen molar-refractivity contribution in [3.63, 3.8) is 0 Å². The van der Waals surface area contributed by atoms with Crippen LogP contribution in [0, 0.1) is 0 Å². The van der Waals surface area contributed by atoms with Gasteiger partial charge < -0.3 is 14.2 Å². The van der Waals surface area contributed by atoms with Gasteiger partial charge in [0.05, 0.1) is 11.6 Å². The molecule has 0 spiro atoms. The van der Waals surface area contributed by atoms with Gasteiger partial charge in [0.1, 0.15) is 16.5 Å². The lowest BCUT2D eigenvalue weighted by atomic mass is 10.1. The summed E-state index contributed by atoms with van der Waals surface area (Å²) in [6.45, 7) is 2.83. The van der Waals surface area contributed by atoms with Gasteiger partial charge in [-0.1, -0.05) is 30.3 Å². The average Bonchev–Trinajstić information content (AvgIpc) is 3.57. The first kappa shape index (κ1) is 19.5. The van der Waals surface area contributed by atoms with Crippen LogP contribution in [0.15, 0.2) is 53.1 Å². The minimum Gasteiger partial charge on any atom is -0.459 e. The van der Waals surface area contributed by atoms with Crippen molar-refractivity contribution in [1.82, 2.24) is 14.9 Å². The highest BCUT2D eigenvalue weighted by Gasteiger charge is 2.29. The van der Waals surface area contributed by atoms with E-state index in [9.17, 15) is 4.79 Å². The van der Waals surface area contributed by atoms with Crippen LogP contribution in [-0.2, 0) is 19.3 Å². The van der Waals surface area contributed by atoms with Crippen molar-refractivity contribution >= 4 is 33.3 Å². The molecule has 1 fully saturated rings. The number of piperazine rings is 1. The van der Waals surface area contributed by atoms with Crippen LogP contribution in [0.2, 0.25) is 0 Å². The summed E-state index contributed by atoms with van der Waals surface area (Å²) in [5, 5.41) is 1.24. The second kappa shape index (κ2) is 8.06. The molecule has 0 saturated carbocycles. The third kappa shape index (κ3) is 3.46. The summed E-state index contributed by atoms with van der Waals surface area (Å²) < 4.78 is 5.31. The predicted molar refractivity (Wildman–Crippen MR) is 126 cm³/mol. The van der Waals surface area contributed by atoms with E-state index < -0.39 is 0 Å². The Morgan fingerprint density at radius 2 is 1.84 bits per heavy atom. The maximum absolute atomic E-state index is 12.7. The van der Waals surface area contributed by atoms with Crippen LogP contribution in [0.4, 0.5) is 5.82 Å². The Balaban J connectivity index is 1.32. The number of thiophene rings is 1. The van der Waals surface area contributed by atoms with E-state index >= 15 is 0 Å². The fourth-order valence-electron chi connectivity index (χ4n) is 4.78. The number of carbonyl (C=O) groups excluding carboxylic acids is 1. The molecule has 1 aliphatic carbocycles. The van der Waals surface area contributed by atoms with E-state index in [1.54, 1.807) is 18.4 Å². The number of hydrogen-bond donors (Lipinski definition) is 0. The molecule has 7 heteroatoms. The Kier molecular flexibility index (Phi) is 4.91. The van der Waals surface area contributed by atoms with Crippen molar-refractivity contribution in [2.75, 3.05) is 31.1 Å². The van der Waals surface area contributed by atoms with E-state index in [1.165, 1.54) is 27.8 Å². The van der Waals surface area contributed by atoms with Gasteiger partial charge in [0.2, 0.25) is 0 Å². The Morgan fingerprint density at radius 3 is 2.62 bits per heavy atom. The number of aryl methyl sites for hydroxylation is 2. The first-order valence-corrected chi connectivity index (χ1v) is 12.0. The fourth-order valence-corrected chi connectivity index (χ4v) is 6.06. The summed E-state index contributed by atoms with van der Waals surface area (Å²) in [5.41, 5.74) is 2.66. The number of fused-ring (bicyclic) bond motifs is 3. The summed E-state index contributed by atoms with van der Waals surface area (Å²) in [7, 11) is 0. The molecule has 1 aliphatic heterocycles. The Morgan fingerprint density at radius 1 is 1.00 bits per heavy atom. The molecule has 0 radical (unpaired) electrons. The monoisotopic (exact) mass is 444 g/mol. The minimum absolute atomic E-state index is 0.0383. The summed E-state index contributed by atoms with van der Waals surface area (Å²) >= 11 is 1.84. The molecule has 1 aromatic carbocycles. The van der Waals surface area contributed by atoms with Gasteiger partial charge in [-0.15, -0.1) is 11.3 Å². The second-order valence-electron chi connectivity index (χ2n) is 8.42. The zero-order valence-corrected chi connectivity index (χ0v) is 18.6. The van der Waals surface area contributed by atoms with Gasteiger partial charge in [-0.2, -0.15) is 0 Å². The third-order valence-corrected chi connectivity index (χ3v) is 7.58. The number of carbonyl (C=O) groups is 1. The maximum atomic E-state index is 12.7. The highest BCUT2D eigenvalue weighted by atomic mass is 32.1. The highest BCUT2D eigenvalue weighted by molar-refractivity contribution is 7.19. The maximum Gasteiger partial charge on any atom is 0.289 e. The molecule has 0 N–H and O–H groups in total. The number of rotatable bonds is 4. The molecule has 6 rings (SSSR count). The Labute approximate surface area is 190 Å². The topological polar surface area (TPSA) is 62.5 Å². The van der Waals surface area contributed by atoms with Gasteiger partial charge in [0.25, 0.3) is 5.91 Å². The zero-order chi connectivity index (χ0) is 21.5. The van der Waals surface area contributed by atoms with Gasteiger partial charge in [0.15, 0.2) is 5.76 Å². The lowest BCUT2D eigenvalue weighted by Crippen LogP contribution is -2.49. The van der Waals surface area contributed by atoms with Gasteiger partial charge in [-0.3, -0.25) is 4.79 Å². The Hall–Kier alpha value is -3.19. The molecular formula is C25H24N4O2S. The third-order valence-electron chi connectivity index (χ3n) is 6.40. The quantitative estimate of drug-likeness (QED) is 0.469. The van der Waals surface area contributed by atoms with Crippen LogP contribution in [-0.4, -0.2) is 47.0 Å². The number of furan rings is 1. The largest absolute Gasteiger partial charge is 0.459 e. The normalized spacial score (nSPS) is 16.0. The lowest BCUT2D eigenvalue weighted by Gasteiger charge is -2.35. The number of benzene rings is 1. The Bertz CT molecular complexity index is 1260. The molecule has 162 valence electrons. The van der Waals surface area contributed by atoms with E-state index in [1.807, 2.05) is 22.3 Å². The first-order valence-electron chi connectivity index (χ1n) is 11.2. The van der Waals surface area contributed by atoms with Crippen molar-refractivity contribution in [2.24, 2.45) is 0 Å². The van der Waals surface area contributed by atoms with E-state index in [-0.39, 0.29) is 5.91 Å². The van der Waals surface area contributed by atoms with E-state index in [2.05, 4.69) is 29.2 Å². The summed E-state index contributed by atoms with van der Waals surface area (Å²) in [4.78, 5) is 29.5. The first-order chi connectivity index (χ1) is 15.8. The second-order valence-corrected chi connectivity index (χ2v) is 9.50. The fraction of sp³-hybridized carbons (Fsp3) is 0.320. The molecule has 4 heterocycles. The SMILES string of the molecule is O=C(c1ccco1)N1CCN(c2nc(Cc3ccccc3)nc3sc4c(c23)CCC4)CC1. The van der Waals surface area contributed by atoms with E-state index in [0.29, 0.717) is 18.8 Å². The summed E-state index contributed by atoms with van der Waals surface area (Å²) in [6.07, 6.45) is 5.75. The van der Waals surface area contributed by atoms with Crippen molar-refractivity contribution < 1.29 is 9.21 Å². The molecule has 3 aromatic heterocycles. The smallest absolute Gasteiger partial charge is 0.289 e. The minimum atomic E-state index is -0.0383. The molecule has 0 bridgehead atoms. The molecular weight excluding hydrogens is 420 g/mol. The zero-order valence-electron chi connectivity index (χ0n) is 17.8. The van der Waals surface area contributed by atoms with Crippen LogP contribution in [0.1, 0.15) is 38.8 Å². The highest BCUT2D eigenvalue weighted by Crippen LogP contribution is 2.41. The van der Waals surface area contributed by atoms with Crippen molar-refractivity contribution in [1.29, 1.82) is 0 Å². The number of nitrogens with zero attached hydrogens (tertiary/aromatic N) is 4. The number of aromatic nitrogens is 2. The average molecular weight is 445 g/mol. The summed E-state index contributed by atoms with van der Waals surface area (Å²) in [6, 6.07) is 13.9. The van der Waals surface area contributed by atoms with Crippen molar-refractivity contribution in [3.8, 4) is 0 Å². The number of anilines is 1. The van der Waals surface area contributed by atoms with Gasteiger partial charge in [-0.05, 0) is 42.5 Å². The molecule has 6 nitrogen and oxygen atoms in total.